The van der Waals surface area contributed by atoms with Crippen LogP contribution in [0.4, 0.5) is 5.82 Å². The summed E-state index contributed by atoms with van der Waals surface area (Å²) in [5.41, 5.74) is 1.33. The van der Waals surface area contributed by atoms with Gasteiger partial charge in [0.05, 0.1) is 10.8 Å². The summed E-state index contributed by atoms with van der Waals surface area (Å²) < 4.78 is 0. The normalized spacial score (nSPS) is 20.1. The first-order chi connectivity index (χ1) is 13.2. The molecule has 2 aromatic heterocycles. The number of carboxylic acids is 1. The zero-order valence-corrected chi connectivity index (χ0v) is 15.3. The summed E-state index contributed by atoms with van der Waals surface area (Å²) in [5.74, 6) is 0.134. The Hall–Kier alpha value is -2.89. The quantitative estimate of drug-likeness (QED) is 0.698. The molecule has 1 fully saturated rings. The van der Waals surface area contributed by atoms with Gasteiger partial charge in [-0.1, -0.05) is 30.3 Å². The number of aromatic amines is 1. The van der Waals surface area contributed by atoms with Crippen molar-refractivity contribution in [2.45, 2.75) is 32.1 Å². The van der Waals surface area contributed by atoms with Crippen molar-refractivity contribution in [3.63, 3.8) is 0 Å². The van der Waals surface area contributed by atoms with E-state index in [1.807, 2.05) is 30.5 Å². The molecule has 3 heterocycles. The molecule has 1 saturated heterocycles. The first-order valence-electron chi connectivity index (χ1n) is 9.48. The number of fused-ring (bicyclic) bond motifs is 1. The van der Waals surface area contributed by atoms with E-state index >= 15 is 0 Å². The second kappa shape index (κ2) is 7.39. The molecule has 2 N–H and O–H groups in total. The Balaban J connectivity index is 1.52. The van der Waals surface area contributed by atoms with Gasteiger partial charge >= 0.3 is 5.97 Å². The number of hydrogen-bond acceptors (Lipinski definition) is 4. The lowest BCUT2D eigenvalue weighted by molar-refractivity contribution is -0.150. The van der Waals surface area contributed by atoms with E-state index in [1.165, 1.54) is 5.56 Å². The first-order valence-corrected chi connectivity index (χ1v) is 9.48. The number of H-pyrrole nitrogens is 1. The molecule has 6 heteroatoms. The van der Waals surface area contributed by atoms with Crippen molar-refractivity contribution >= 4 is 22.8 Å². The highest BCUT2D eigenvalue weighted by atomic mass is 16.4. The van der Waals surface area contributed by atoms with E-state index in [0.717, 1.165) is 49.1 Å². The lowest BCUT2D eigenvalue weighted by atomic mass is 9.75. The van der Waals surface area contributed by atoms with Gasteiger partial charge in [0, 0.05) is 19.3 Å². The summed E-state index contributed by atoms with van der Waals surface area (Å²) in [7, 11) is 0. The van der Waals surface area contributed by atoms with E-state index in [-0.39, 0.29) is 0 Å². The smallest absolute Gasteiger partial charge is 0.311 e. The average Bonchev–Trinajstić information content (AvgIpc) is 3.18. The molecule has 1 aliphatic heterocycles. The highest BCUT2D eigenvalue weighted by molar-refractivity contribution is 5.87. The maximum atomic E-state index is 12.2. The molecule has 3 aromatic rings. The number of carboxylic acid groups (broad SMARTS) is 1. The lowest BCUT2D eigenvalue weighted by Gasteiger charge is -2.40. The minimum atomic E-state index is -0.722. The molecule has 1 aromatic carbocycles. The Kier molecular flexibility index (Phi) is 4.79. The third kappa shape index (κ3) is 3.52. The zero-order valence-electron chi connectivity index (χ0n) is 15.3. The third-order valence-electron chi connectivity index (χ3n) is 5.63. The summed E-state index contributed by atoms with van der Waals surface area (Å²) in [6, 6.07) is 12.2. The number of aryl methyl sites for hydroxylation is 1. The topological polar surface area (TPSA) is 82.1 Å². The zero-order chi connectivity index (χ0) is 18.7. The van der Waals surface area contributed by atoms with Gasteiger partial charge in [-0.15, -0.1) is 0 Å². The number of benzene rings is 1. The van der Waals surface area contributed by atoms with Crippen LogP contribution in [-0.4, -0.2) is 39.1 Å². The van der Waals surface area contributed by atoms with Gasteiger partial charge in [0.2, 0.25) is 0 Å². The number of hydrogen-bond donors (Lipinski definition) is 2. The molecule has 0 aliphatic carbocycles. The molecular weight excluding hydrogens is 340 g/mol. The molecule has 0 amide bonds. The lowest BCUT2D eigenvalue weighted by Crippen LogP contribution is -2.48. The Labute approximate surface area is 158 Å². The van der Waals surface area contributed by atoms with Crippen LogP contribution in [0.2, 0.25) is 0 Å². The van der Waals surface area contributed by atoms with Crippen molar-refractivity contribution in [3.8, 4) is 0 Å². The fourth-order valence-corrected chi connectivity index (χ4v) is 4.18. The first kappa shape index (κ1) is 17.5. The largest absolute Gasteiger partial charge is 0.481 e. The van der Waals surface area contributed by atoms with E-state index in [4.69, 9.17) is 0 Å². The summed E-state index contributed by atoms with van der Waals surface area (Å²) in [6.07, 6.45) is 7.41. The van der Waals surface area contributed by atoms with Gasteiger partial charge in [-0.25, -0.2) is 9.97 Å². The van der Waals surface area contributed by atoms with Gasteiger partial charge < -0.3 is 15.0 Å². The number of piperidine rings is 1. The fraction of sp³-hybridized carbons (Fsp3) is 0.381. The molecule has 1 aliphatic rings. The maximum absolute atomic E-state index is 12.2. The van der Waals surface area contributed by atoms with Crippen LogP contribution in [0.5, 0.6) is 0 Å². The molecule has 0 radical (unpaired) electrons. The maximum Gasteiger partial charge on any atom is 0.311 e. The van der Waals surface area contributed by atoms with Gasteiger partial charge in [-0.05, 0) is 43.7 Å². The SMILES string of the molecule is O=C(O)C1(CCCc2ccccc2)CCCN(c2ncnc3[nH]ccc23)C1. The number of nitrogens with one attached hydrogen (secondary N) is 1. The molecule has 1 unspecified atom stereocenters. The van der Waals surface area contributed by atoms with Crippen LogP contribution in [0.1, 0.15) is 31.2 Å². The van der Waals surface area contributed by atoms with E-state index in [2.05, 4.69) is 32.0 Å². The van der Waals surface area contributed by atoms with Crippen molar-refractivity contribution in [1.29, 1.82) is 0 Å². The number of nitrogens with zero attached hydrogens (tertiary/aromatic N) is 3. The fourth-order valence-electron chi connectivity index (χ4n) is 4.18. The van der Waals surface area contributed by atoms with Crippen molar-refractivity contribution in [2.75, 3.05) is 18.0 Å². The second-order valence-electron chi connectivity index (χ2n) is 7.39. The van der Waals surface area contributed by atoms with Crippen LogP contribution in [0.3, 0.4) is 0 Å². The number of anilines is 1. The Morgan fingerprint density at radius 2 is 2.07 bits per heavy atom. The van der Waals surface area contributed by atoms with E-state index in [9.17, 15) is 9.90 Å². The number of carbonyl (C=O) groups is 1. The van der Waals surface area contributed by atoms with Crippen LogP contribution >= 0.6 is 0 Å². The standard InChI is InChI=1S/C21H24N4O2/c26-20(27)21(10-4-8-16-6-2-1-3-7-16)11-5-13-25(14-21)19-17-9-12-22-18(17)23-15-24-19/h1-3,6-7,9,12,15H,4-5,8,10-11,13-14H2,(H,26,27)(H,22,23,24). The minimum Gasteiger partial charge on any atom is -0.481 e. The van der Waals surface area contributed by atoms with Gasteiger partial charge in [-0.2, -0.15) is 0 Å². The molecule has 6 nitrogen and oxygen atoms in total. The predicted molar refractivity (Wildman–Crippen MR) is 105 cm³/mol. The number of aromatic nitrogens is 3. The number of aliphatic carboxylic acids is 1. The van der Waals surface area contributed by atoms with E-state index in [0.29, 0.717) is 13.0 Å². The summed E-state index contributed by atoms with van der Waals surface area (Å²) >= 11 is 0. The van der Waals surface area contributed by atoms with Crippen LogP contribution < -0.4 is 4.90 Å². The molecule has 0 bridgehead atoms. The average molecular weight is 364 g/mol. The van der Waals surface area contributed by atoms with Crippen LogP contribution in [0.25, 0.3) is 11.0 Å². The molecular formula is C21H24N4O2. The molecule has 27 heavy (non-hydrogen) atoms. The molecule has 0 saturated carbocycles. The molecule has 4 rings (SSSR count). The molecule has 140 valence electrons. The molecule has 0 spiro atoms. The molecule has 1 atom stereocenters. The van der Waals surface area contributed by atoms with Gasteiger partial charge in [0.15, 0.2) is 0 Å². The monoisotopic (exact) mass is 364 g/mol. The Bertz CT molecular complexity index is 924. The minimum absolute atomic E-state index is 0.494. The second-order valence-corrected chi connectivity index (χ2v) is 7.39. The van der Waals surface area contributed by atoms with Gasteiger partial charge in [-0.3, -0.25) is 4.79 Å². The summed E-state index contributed by atoms with van der Waals surface area (Å²) in [6.45, 7) is 1.32. The van der Waals surface area contributed by atoms with Crippen molar-refractivity contribution < 1.29 is 9.90 Å². The van der Waals surface area contributed by atoms with Gasteiger partial charge in [0.25, 0.3) is 0 Å². The van der Waals surface area contributed by atoms with Crippen LogP contribution in [-0.2, 0) is 11.2 Å². The highest BCUT2D eigenvalue weighted by Gasteiger charge is 2.42. The predicted octanol–water partition coefficient (Wildman–Crippen LogP) is 3.65. The van der Waals surface area contributed by atoms with Crippen molar-refractivity contribution in [3.05, 3.63) is 54.5 Å². The van der Waals surface area contributed by atoms with Gasteiger partial charge in [0.1, 0.15) is 17.8 Å². The summed E-state index contributed by atoms with van der Waals surface area (Å²) in [5, 5.41) is 11.0. The van der Waals surface area contributed by atoms with E-state index < -0.39 is 11.4 Å². The number of rotatable bonds is 6. The van der Waals surface area contributed by atoms with Crippen molar-refractivity contribution in [2.24, 2.45) is 5.41 Å². The van der Waals surface area contributed by atoms with E-state index in [1.54, 1.807) is 6.33 Å². The van der Waals surface area contributed by atoms with Crippen LogP contribution in [0.15, 0.2) is 48.9 Å². The Morgan fingerprint density at radius 1 is 1.22 bits per heavy atom. The Morgan fingerprint density at radius 3 is 2.89 bits per heavy atom. The highest BCUT2D eigenvalue weighted by Crippen LogP contribution is 2.38. The third-order valence-corrected chi connectivity index (χ3v) is 5.63. The van der Waals surface area contributed by atoms with Crippen LogP contribution in [0, 0.1) is 5.41 Å². The summed E-state index contributed by atoms with van der Waals surface area (Å²) in [4.78, 5) is 26.2. The van der Waals surface area contributed by atoms with Crippen molar-refractivity contribution in [1.82, 2.24) is 15.0 Å².